The predicted octanol–water partition coefficient (Wildman–Crippen LogP) is 4.98. The normalized spacial score (nSPS) is 11.5. The molecular formula is C12H5Cl2F3N2O2. The first-order valence-corrected chi connectivity index (χ1v) is 6.13. The number of rotatable bonds is 2. The zero-order chi connectivity index (χ0) is 15.8. The Hall–Kier alpha value is -1.86. The smallest absolute Gasteiger partial charge is 0.258 e. The molecule has 0 fully saturated rings. The zero-order valence-corrected chi connectivity index (χ0v) is 11.5. The van der Waals surface area contributed by atoms with E-state index in [-0.39, 0.29) is 27.0 Å². The molecular weight excluding hydrogens is 332 g/mol. The zero-order valence-electron chi connectivity index (χ0n) is 9.99. The summed E-state index contributed by atoms with van der Waals surface area (Å²) < 4.78 is 37.6. The van der Waals surface area contributed by atoms with Gasteiger partial charge in [-0.3, -0.25) is 15.1 Å². The Kier molecular flexibility index (Phi) is 4.06. The molecule has 0 N–H and O–H groups in total. The van der Waals surface area contributed by atoms with E-state index < -0.39 is 16.7 Å². The van der Waals surface area contributed by atoms with E-state index in [1.165, 1.54) is 12.1 Å². The van der Waals surface area contributed by atoms with Crippen molar-refractivity contribution < 1.29 is 18.1 Å². The van der Waals surface area contributed by atoms with Crippen LogP contribution < -0.4 is 0 Å². The van der Waals surface area contributed by atoms with Gasteiger partial charge in [0.2, 0.25) is 0 Å². The van der Waals surface area contributed by atoms with Gasteiger partial charge in [0.05, 0.1) is 21.2 Å². The standard InChI is InChI=1S/C12H5Cl2F3N2O2/c13-8-2-1-6(3-10(8)19(20)21)11-9(14)4-7(5-18-11)12(15,16)17/h1-5H. The van der Waals surface area contributed by atoms with Gasteiger partial charge in [-0.2, -0.15) is 13.2 Å². The van der Waals surface area contributed by atoms with E-state index in [1.807, 2.05) is 0 Å². The van der Waals surface area contributed by atoms with E-state index >= 15 is 0 Å². The topological polar surface area (TPSA) is 56.0 Å². The Morgan fingerprint density at radius 3 is 2.33 bits per heavy atom. The lowest BCUT2D eigenvalue weighted by atomic mass is 10.1. The monoisotopic (exact) mass is 336 g/mol. The number of nitro groups is 1. The van der Waals surface area contributed by atoms with Crippen molar-refractivity contribution in [2.24, 2.45) is 0 Å². The predicted molar refractivity (Wildman–Crippen MR) is 71.3 cm³/mol. The van der Waals surface area contributed by atoms with E-state index in [9.17, 15) is 23.3 Å². The summed E-state index contributed by atoms with van der Waals surface area (Å²) in [7, 11) is 0. The van der Waals surface area contributed by atoms with Gasteiger partial charge in [-0.25, -0.2) is 0 Å². The lowest BCUT2D eigenvalue weighted by Gasteiger charge is -2.09. The van der Waals surface area contributed by atoms with Crippen LogP contribution in [0.4, 0.5) is 18.9 Å². The van der Waals surface area contributed by atoms with Gasteiger partial charge in [0, 0.05) is 17.8 Å². The van der Waals surface area contributed by atoms with Crippen molar-refractivity contribution >= 4 is 28.9 Å². The molecule has 2 aromatic rings. The van der Waals surface area contributed by atoms with Crippen LogP contribution in [0.1, 0.15) is 5.56 Å². The van der Waals surface area contributed by atoms with Crippen LogP contribution in [0.5, 0.6) is 0 Å². The summed E-state index contributed by atoms with van der Waals surface area (Å²) in [4.78, 5) is 13.7. The molecule has 0 radical (unpaired) electrons. The summed E-state index contributed by atoms with van der Waals surface area (Å²) in [6, 6.07) is 4.45. The van der Waals surface area contributed by atoms with Crippen LogP contribution in [0.15, 0.2) is 30.5 Å². The van der Waals surface area contributed by atoms with Gasteiger partial charge in [-0.15, -0.1) is 0 Å². The number of hydrogen-bond donors (Lipinski definition) is 0. The fraction of sp³-hybridized carbons (Fsp3) is 0.0833. The molecule has 4 nitrogen and oxygen atoms in total. The number of halogens is 5. The molecule has 0 unspecified atom stereocenters. The highest BCUT2D eigenvalue weighted by molar-refractivity contribution is 6.33. The summed E-state index contributed by atoms with van der Waals surface area (Å²) in [6.45, 7) is 0. The highest BCUT2D eigenvalue weighted by Crippen LogP contribution is 2.36. The number of nitro benzene ring substituents is 1. The quantitative estimate of drug-likeness (QED) is 0.573. The molecule has 0 aliphatic rings. The molecule has 0 atom stereocenters. The van der Waals surface area contributed by atoms with Crippen molar-refractivity contribution in [3.63, 3.8) is 0 Å². The third kappa shape index (κ3) is 3.25. The molecule has 0 aliphatic heterocycles. The van der Waals surface area contributed by atoms with Crippen LogP contribution in [0.25, 0.3) is 11.3 Å². The van der Waals surface area contributed by atoms with Gasteiger partial charge in [0.15, 0.2) is 0 Å². The minimum atomic E-state index is -4.57. The van der Waals surface area contributed by atoms with Crippen LogP contribution in [0.3, 0.4) is 0 Å². The number of aromatic nitrogens is 1. The van der Waals surface area contributed by atoms with Crippen molar-refractivity contribution in [3.05, 3.63) is 56.2 Å². The maximum atomic E-state index is 12.5. The van der Waals surface area contributed by atoms with Gasteiger partial charge in [0.1, 0.15) is 5.02 Å². The van der Waals surface area contributed by atoms with E-state index in [0.717, 1.165) is 6.07 Å². The van der Waals surface area contributed by atoms with Gasteiger partial charge < -0.3 is 0 Å². The van der Waals surface area contributed by atoms with Crippen LogP contribution in [-0.4, -0.2) is 9.91 Å². The Bertz CT molecular complexity index is 720. The Balaban J connectivity index is 2.53. The van der Waals surface area contributed by atoms with Crippen LogP contribution in [0, 0.1) is 10.1 Å². The van der Waals surface area contributed by atoms with Gasteiger partial charge >= 0.3 is 6.18 Å². The first kappa shape index (κ1) is 15.5. The van der Waals surface area contributed by atoms with E-state index in [0.29, 0.717) is 12.3 Å². The Morgan fingerprint density at radius 2 is 1.81 bits per heavy atom. The first-order chi connectivity index (χ1) is 9.70. The van der Waals surface area contributed by atoms with Crippen LogP contribution in [-0.2, 0) is 6.18 Å². The average molecular weight is 337 g/mol. The van der Waals surface area contributed by atoms with E-state index in [1.54, 1.807) is 0 Å². The number of hydrogen-bond acceptors (Lipinski definition) is 3. The third-order valence-corrected chi connectivity index (χ3v) is 3.19. The largest absolute Gasteiger partial charge is 0.417 e. The molecule has 1 heterocycles. The Labute approximate surface area is 126 Å². The molecule has 0 bridgehead atoms. The molecule has 1 aromatic heterocycles. The molecule has 1 aromatic carbocycles. The summed E-state index contributed by atoms with van der Waals surface area (Å²) >= 11 is 11.4. The minimum absolute atomic E-state index is 0.00410. The highest BCUT2D eigenvalue weighted by atomic mass is 35.5. The second-order valence-corrected chi connectivity index (χ2v) is 4.79. The number of alkyl halides is 3. The van der Waals surface area contributed by atoms with E-state index in [2.05, 4.69) is 4.98 Å². The van der Waals surface area contributed by atoms with Gasteiger partial charge in [0.25, 0.3) is 5.69 Å². The summed E-state index contributed by atoms with van der Waals surface area (Å²) in [5, 5.41) is 10.4. The van der Waals surface area contributed by atoms with Crippen molar-refractivity contribution in [3.8, 4) is 11.3 Å². The molecule has 0 saturated carbocycles. The van der Waals surface area contributed by atoms with Gasteiger partial charge in [-0.05, 0) is 12.1 Å². The van der Waals surface area contributed by atoms with Crippen LogP contribution >= 0.6 is 23.2 Å². The fourth-order valence-corrected chi connectivity index (χ4v) is 2.07. The molecule has 0 saturated heterocycles. The second kappa shape index (κ2) is 5.50. The van der Waals surface area contributed by atoms with Crippen molar-refractivity contribution in [2.45, 2.75) is 6.18 Å². The lowest BCUT2D eigenvalue weighted by molar-refractivity contribution is -0.384. The van der Waals surface area contributed by atoms with Gasteiger partial charge in [-0.1, -0.05) is 29.3 Å². The molecule has 9 heteroatoms. The lowest BCUT2D eigenvalue weighted by Crippen LogP contribution is -2.05. The molecule has 21 heavy (non-hydrogen) atoms. The molecule has 2 rings (SSSR count). The first-order valence-electron chi connectivity index (χ1n) is 5.37. The molecule has 0 amide bonds. The number of nitrogens with zero attached hydrogens (tertiary/aromatic N) is 2. The number of benzene rings is 1. The molecule has 0 aliphatic carbocycles. The SMILES string of the molecule is O=[N+]([O-])c1cc(-c2ncc(C(F)(F)F)cc2Cl)ccc1Cl. The molecule has 110 valence electrons. The Morgan fingerprint density at radius 1 is 1.14 bits per heavy atom. The number of pyridine rings is 1. The average Bonchev–Trinajstić information content (AvgIpc) is 2.38. The van der Waals surface area contributed by atoms with Crippen molar-refractivity contribution in [2.75, 3.05) is 0 Å². The maximum Gasteiger partial charge on any atom is 0.417 e. The van der Waals surface area contributed by atoms with Crippen molar-refractivity contribution in [1.82, 2.24) is 4.98 Å². The maximum absolute atomic E-state index is 12.5. The fourth-order valence-electron chi connectivity index (χ4n) is 1.61. The summed E-state index contributed by atoms with van der Waals surface area (Å²) in [5.41, 5.74) is -1.18. The highest BCUT2D eigenvalue weighted by Gasteiger charge is 2.31. The van der Waals surface area contributed by atoms with Crippen molar-refractivity contribution in [1.29, 1.82) is 0 Å². The third-order valence-electron chi connectivity index (χ3n) is 2.58. The second-order valence-electron chi connectivity index (χ2n) is 3.98. The minimum Gasteiger partial charge on any atom is -0.258 e. The van der Waals surface area contributed by atoms with E-state index in [4.69, 9.17) is 23.2 Å². The summed E-state index contributed by atoms with van der Waals surface area (Å²) in [6.07, 6.45) is -3.96. The van der Waals surface area contributed by atoms with Crippen LogP contribution in [0.2, 0.25) is 10.0 Å². The summed E-state index contributed by atoms with van der Waals surface area (Å²) in [5.74, 6) is 0. The molecule has 0 spiro atoms.